The van der Waals surface area contributed by atoms with E-state index in [1.54, 1.807) is 0 Å². The van der Waals surface area contributed by atoms with Gasteiger partial charge in [0, 0.05) is 67.3 Å². The summed E-state index contributed by atoms with van der Waals surface area (Å²) in [5.41, 5.74) is 7.08. The fourth-order valence-electron chi connectivity index (χ4n) is 7.40. The van der Waals surface area contributed by atoms with Gasteiger partial charge in [0.1, 0.15) is 5.58 Å². The maximum atomic E-state index is 14.0. The number of rotatable bonds is 9. The first kappa shape index (κ1) is 36.6. The molecule has 0 bridgehead atoms. The number of aliphatic hydroxyl groups excluding tert-OH is 1. The van der Waals surface area contributed by atoms with Gasteiger partial charge in [-0.1, -0.05) is 88.0 Å². The average molecular weight is 841 g/mol. The predicted octanol–water partition coefficient (Wildman–Crippen LogP) is 12.1. The van der Waals surface area contributed by atoms with Crippen LogP contribution < -0.4 is 0 Å². The van der Waals surface area contributed by atoms with Crippen LogP contribution in [-0.4, -0.2) is 22.5 Å². The van der Waals surface area contributed by atoms with Crippen LogP contribution in [0.1, 0.15) is 101 Å². The Kier molecular flexibility index (Phi) is 11.3. The van der Waals surface area contributed by atoms with Crippen LogP contribution in [0.15, 0.2) is 81.9 Å². The van der Waals surface area contributed by atoms with Crippen molar-refractivity contribution in [1.29, 1.82) is 0 Å². The van der Waals surface area contributed by atoms with E-state index in [-0.39, 0.29) is 62.2 Å². The number of ketones is 1. The summed E-state index contributed by atoms with van der Waals surface area (Å²) in [5.74, 6) is -2.17. The zero-order chi connectivity index (χ0) is 34.2. The van der Waals surface area contributed by atoms with Crippen molar-refractivity contribution in [2.45, 2.75) is 91.4 Å². The maximum Gasteiger partial charge on any atom is 0.248 e. The minimum atomic E-state index is -2.58. The van der Waals surface area contributed by atoms with Crippen LogP contribution in [0.5, 0.6) is 0 Å². The molecule has 0 spiro atoms. The molecule has 2 heterocycles. The fraction of sp³-hybridized carbons (Fsp3) is 0.381. The number of benzene rings is 4. The number of aliphatic imine (C=N–C) groups is 1. The molecule has 1 aliphatic carbocycles. The summed E-state index contributed by atoms with van der Waals surface area (Å²) in [6.07, 6.45) is 5.28. The van der Waals surface area contributed by atoms with Gasteiger partial charge in [-0.05, 0) is 66.7 Å². The SMILES string of the molecule is CCC(CC)C(=O)/C=C(\O)C(CC)CC.Cc1[c-]c(C2=Nc3cccc4cc(C5CCC(F)(F)C5)cc2c34)c2oc3ccccc3c2c1.[Ir]. The molecule has 4 nitrogen and oxygen atoms in total. The molecule has 2 aliphatic rings. The number of furan rings is 1. The summed E-state index contributed by atoms with van der Waals surface area (Å²) in [7, 11) is 0. The number of fused-ring (bicyclic) bond motifs is 3. The Hall–Kier alpha value is -3.67. The molecule has 1 saturated carbocycles. The van der Waals surface area contributed by atoms with Gasteiger partial charge in [0.2, 0.25) is 5.92 Å². The van der Waals surface area contributed by atoms with Gasteiger partial charge in [-0.25, -0.2) is 8.78 Å². The molecule has 1 unspecified atom stereocenters. The van der Waals surface area contributed by atoms with Crippen molar-refractivity contribution >= 4 is 49.9 Å². The van der Waals surface area contributed by atoms with Crippen molar-refractivity contribution in [2.24, 2.45) is 16.8 Å². The normalized spacial score (nSPS) is 16.7. The predicted molar refractivity (Wildman–Crippen MR) is 192 cm³/mol. The third kappa shape index (κ3) is 7.30. The van der Waals surface area contributed by atoms with Gasteiger partial charge in [0.25, 0.3) is 0 Å². The number of nitrogens with zero attached hydrogens (tertiary/aromatic N) is 1. The van der Waals surface area contributed by atoms with E-state index in [2.05, 4.69) is 30.3 Å². The topological polar surface area (TPSA) is 62.8 Å². The zero-order valence-corrected chi connectivity index (χ0v) is 31.2. The number of carbonyl (C=O) groups is 1. The number of aryl methyl sites for hydroxylation is 1. The molecule has 5 aromatic rings. The van der Waals surface area contributed by atoms with E-state index in [1.807, 2.05) is 71.0 Å². The van der Waals surface area contributed by atoms with E-state index in [0.717, 1.165) is 92.0 Å². The molecule has 4 aromatic carbocycles. The third-order valence-electron chi connectivity index (χ3n) is 10.2. The molecule has 1 radical (unpaired) electrons. The van der Waals surface area contributed by atoms with Crippen molar-refractivity contribution in [3.63, 3.8) is 0 Å². The minimum absolute atomic E-state index is 0. The molecule has 259 valence electrons. The van der Waals surface area contributed by atoms with E-state index in [1.165, 1.54) is 6.08 Å². The minimum Gasteiger partial charge on any atom is -0.512 e. The number of halogens is 2. The Morgan fingerprint density at radius 3 is 2.39 bits per heavy atom. The third-order valence-corrected chi connectivity index (χ3v) is 10.2. The molecule has 1 atom stereocenters. The Morgan fingerprint density at radius 1 is 1.00 bits per heavy atom. The number of aliphatic hydroxyl groups is 1. The second-order valence-corrected chi connectivity index (χ2v) is 13.4. The van der Waals surface area contributed by atoms with Crippen LogP contribution in [0.3, 0.4) is 0 Å². The van der Waals surface area contributed by atoms with Crippen molar-refractivity contribution in [3.05, 3.63) is 101 Å². The Morgan fingerprint density at radius 2 is 1.71 bits per heavy atom. The number of hydrogen-bond acceptors (Lipinski definition) is 4. The molecule has 1 aliphatic heterocycles. The van der Waals surface area contributed by atoms with Gasteiger partial charge in [-0.2, -0.15) is 0 Å². The van der Waals surface area contributed by atoms with Crippen LogP contribution in [-0.2, 0) is 24.9 Å². The molecule has 1 aromatic heterocycles. The molecule has 49 heavy (non-hydrogen) atoms. The maximum absolute atomic E-state index is 14.0. The van der Waals surface area contributed by atoms with Crippen molar-refractivity contribution in [2.75, 3.05) is 0 Å². The van der Waals surface area contributed by atoms with Crippen molar-refractivity contribution < 1.29 is 43.2 Å². The Balaban J connectivity index is 0.000000252. The largest absolute Gasteiger partial charge is 0.512 e. The van der Waals surface area contributed by atoms with E-state index in [9.17, 15) is 18.7 Å². The molecule has 0 saturated heterocycles. The van der Waals surface area contributed by atoms with Crippen LogP contribution in [0, 0.1) is 24.8 Å². The Labute approximate surface area is 301 Å². The van der Waals surface area contributed by atoms with Gasteiger partial charge in [-0.3, -0.25) is 9.79 Å². The summed E-state index contributed by atoms with van der Waals surface area (Å²) < 4.78 is 34.3. The number of alkyl halides is 2. The summed E-state index contributed by atoms with van der Waals surface area (Å²) in [6.45, 7) is 10.1. The van der Waals surface area contributed by atoms with Gasteiger partial charge in [0.15, 0.2) is 5.78 Å². The van der Waals surface area contributed by atoms with Gasteiger partial charge in [0.05, 0.1) is 17.0 Å². The second-order valence-electron chi connectivity index (χ2n) is 13.4. The first-order valence-electron chi connectivity index (χ1n) is 17.4. The summed E-state index contributed by atoms with van der Waals surface area (Å²) >= 11 is 0. The number of carbonyl (C=O) groups excluding carboxylic acids is 1. The number of allylic oxidation sites excluding steroid dienone is 2. The molecule has 7 heteroatoms. The number of para-hydroxylation sites is 1. The molecule has 7 rings (SSSR count). The van der Waals surface area contributed by atoms with E-state index >= 15 is 0 Å². The van der Waals surface area contributed by atoms with E-state index < -0.39 is 5.92 Å². The van der Waals surface area contributed by atoms with Crippen LogP contribution >= 0.6 is 0 Å². The summed E-state index contributed by atoms with van der Waals surface area (Å²) in [5, 5.41) is 14.0. The van der Waals surface area contributed by atoms with Crippen molar-refractivity contribution in [1.82, 2.24) is 0 Å². The molecule has 1 N–H and O–H groups in total. The van der Waals surface area contributed by atoms with Gasteiger partial charge >= 0.3 is 0 Å². The zero-order valence-electron chi connectivity index (χ0n) is 28.8. The van der Waals surface area contributed by atoms with Crippen LogP contribution in [0.4, 0.5) is 14.5 Å². The first-order valence-corrected chi connectivity index (χ1v) is 17.4. The number of hydrogen-bond donors (Lipinski definition) is 1. The molecule has 0 amide bonds. The van der Waals surface area contributed by atoms with E-state index in [0.29, 0.717) is 6.42 Å². The second kappa shape index (κ2) is 15.1. The van der Waals surface area contributed by atoms with Gasteiger partial charge in [-0.15, -0.1) is 17.7 Å². The molecular formula is C42H44F2IrNO3-. The fourth-order valence-corrected chi connectivity index (χ4v) is 7.40. The first-order chi connectivity index (χ1) is 23.1. The van der Waals surface area contributed by atoms with E-state index in [4.69, 9.17) is 9.41 Å². The van der Waals surface area contributed by atoms with Crippen LogP contribution in [0.2, 0.25) is 0 Å². The monoisotopic (exact) mass is 841 g/mol. The van der Waals surface area contributed by atoms with Gasteiger partial charge < -0.3 is 9.52 Å². The summed E-state index contributed by atoms with van der Waals surface area (Å²) in [4.78, 5) is 16.7. The average Bonchev–Trinajstić information content (AvgIpc) is 3.75. The smallest absolute Gasteiger partial charge is 0.248 e. The van der Waals surface area contributed by atoms with Crippen LogP contribution in [0.25, 0.3) is 32.7 Å². The quantitative estimate of drug-likeness (QED) is 0.0896. The summed E-state index contributed by atoms with van der Waals surface area (Å²) in [6, 6.07) is 23.8. The molecule has 1 fully saturated rings. The molecular weight excluding hydrogens is 797 g/mol. The van der Waals surface area contributed by atoms with Crippen molar-refractivity contribution in [3.8, 4) is 0 Å². The standard InChI is InChI=1S/C29H20F2NO.C13H24O2.Ir/c1-16-11-21-20-6-2-3-8-25(20)33-28(21)23(12-16)27-22-14-19(18-9-10-29(30,31)15-18)13-17-5-4-7-24(32-27)26(17)22;1-5-10(6-2)12(14)9-13(15)11(7-3)8-4;/h2-8,11,13-14,18H,9-10,15H2,1H3;9-11,14H,5-8H2,1-4H3;/q-1;;/b;12-9-;. The Bertz CT molecular complexity index is 2050.